The lowest BCUT2D eigenvalue weighted by Crippen LogP contribution is -2.00. The van der Waals surface area contributed by atoms with Crippen molar-refractivity contribution in [3.05, 3.63) is 63.9 Å². The van der Waals surface area contributed by atoms with Gasteiger partial charge in [-0.2, -0.15) is 0 Å². The quantitative estimate of drug-likeness (QED) is 0.689. The monoisotopic (exact) mass is 342 g/mol. The molecule has 2 rings (SSSR count). The minimum absolute atomic E-state index is 0.278. The van der Waals surface area contributed by atoms with Gasteiger partial charge in [-0.25, -0.2) is 4.39 Å². The lowest BCUT2D eigenvalue weighted by atomic mass is 10.0. The van der Waals surface area contributed by atoms with Crippen LogP contribution in [0.4, 0.5) is 4.39 Å². The number of alkyl halides is 1. The van der Waals surface area contributed by atoms with Crippen molar-refractivity contribution in [2.45, 2.75) is 11.8 Å². The zero-order valence-corrected chi connectivity index (χ0v) is 12.9. The van der Waals surface area contributed by atoms with Gasteiger partial charge in [0.05, 0.1) is 11.9 Å². The van der Waals surface area contributed by atoms with Crippen LogP contribution in [0, 0.1) is 12.7 Å². The van der Waals surface area contributed by atoms with Crippen LogP contribution in [-0.2, 0) is 0 Å². The SMILES string of the molecule is COc1ccc(C)cc1C(Br)c1ccc(Cl)cc1F. The van der Waals surface area contributed by atoms with Crippen molar-refractivity contribution in [2.24, 2.45) is 0 Å². The molecule has 19 heavy (non-hydrogen) atoms. The molecular formula is C15H13BrClFO. The lowest BCUT2D eigenvalue weighted by Gasteiger charge is -2.16. The van der Waals surface area contributed by atoms with E-state index in [0.717, 1.165) is 16.9 Å². The molecule has 0 amide bonds. The van der Waals surface area contributed by atoms with E-state index in [1.807, 2.05) is 25.1 Å². The topological polar surface area (TPSA) is 9.23 Å². The Morgan fingerprint density at radius 3 is 2.53 bits per heavy atom. The van der Waals surface area contributed by atoms with Crippen LogP contribution < -0.4 is 4.74 Å². The molecule has 0 spiro atoms. The Labute approximate surface area is 125 Å². The van der Waals surface area contributed by atoms with E-state index in [0.29, 0.717) is 10.6 Å². The van der Waals surface area contributed by atoms with E-state index < -0.39 is 0 Å². The van der Waals surface area contributed by atoms with Crippen molar-refractivity contribution < 1.29 is 9.13 Å². The van der Waals surface area contributed by atoms with Crippen molar-refractivity contribution in [2.75, 3.05) is 7.11 Å². The molecule has 0 aliphatic heterocycles. The first-order valence-corrected chi connectivity index (χ1v) is 7.06. The van der Waals surface area contributed by atoms with Gasteiger partial charge in [-0.3, -0.25) is 0 Å². The summed E-state index contributed by atoms with van der Waals surface area (Å²) in [5.74, 6) is 0.389. The number of aryl methyl sites for hydroxylation is 1. The standard InChI is InChI=1S/C15H13BrClFO/c1-9-3-6-14(19-2)12(7-9)15(16)11-5-4-10(17)8-13(11)18/h3-8,15H,1-2H3. The molecule has 0 N–H and O–H groups in total. The first-order chi connectivity index (χ1) is 9.02. The summed E-state index contributed by atoms with van der Waals surface area (Å²) in [6.07, 6.45) is 0. The zero-order valence-electron chi connectivity index (χ0n) is 10.6. The molecule has 0 bridgehead atoms. The van der Waals surface area contributed by atoms with Crippen molar-refractivity contribution in [3.63, 3.8) is 0 Å². The van der Waals surface area contributed by atoms with Gasteiger partial charge >= 0.3 is 0 Å². The number of halogens is 3. The molecule has 0 aliphatic carbocycles. The highest BCUT2D eigenvalue weighted by Gasteiger charge is 2.19. The lowest BCUT2D eigenvalue weighted by molar-refractivity contribution is 0.410. The maximum Gasteiger partial charge on any atom is 0.129 e. The van der Waals surface area contributed by atoms with Gasteiger partial charge in [0.15, 0.2) is 0 Å². The van der Waals surface area contributed by atoms with E-state index in [1.54, 1.807) is 19.2 Å². The Bertz CT molecular complexity index is 601. The van der Waals surface area contributed by atoms with Crippen LogP contribution in [-0.4, -0.2) is 7.11 Å². The Balaban J connectivity index is 2.49. The Hall–Kier alpha value is -1.06. The van der Waals surface area contributed by atoms with E-state index in [2.05, 4.69) is 15.9 Å². The number of methoxy groups -OCH3 is 1. The van der Waals surface area contributed by atoms with Gasteiger partial charge in [0.25, 0.3) is 0 Å². The predicted molar refractivity (Wildman–Crippen MR) is 79.9 cm³/mol. The number of ether oxygens (including phenoxy) is 1. The third-order valence-electron chi connectivity index (χ3n) is 2.89. The second-order valence-electron chi connectivity index (χ2n) is 4.27. The van der Waals surface area contributed by atoms with Crippen LogP contribution >= 0.6 is 27.5 Å². The summed E-state index contributed by atoms with van der Waals surface area (Å²) in [6.45, 7) is 1.99. The molecule has 2 aromatic carbocycles. The first kappa shape index (κ1) is 14.4. The average Bonchev–Trinajstić information content (AvgIpc) is 2.38. The van der Waals surface area contributed by atoms with Gasteiger partial charge in [0.1, 0.15) is 11.6 Å². The molecule has 0 saturated heterocycles. The van der Waals surface area contributed by atoms with Crippen LogP contribution in [0.25, 0.3) is 0 Å². The van der Waals surface area contributed by atoms with E-state index in [9.17, 15) is 4.39 Å². The first-order valence-electron chi connectivity index (χ1n) is 5.76. The molecule has 0 aliphatic rings. The maximum atomic E-state index is 14.0. The van der Waals surface area contributed by atoms with E-state index in [1.165, 1.54) is 6.07 Å². The Morgan fingerprint density at radius 2 is 1.89 bits per heavy atom. The molecule has 2 aromatic rings. The smallest absolute Gasteiger partial charge is 0.129 e. The summed E-state index contributed by atoms with van der Waals surface area (Å²) in [6, 6.07) is 10.5. The summed E-state index contributed by atoms with van der Waals surface area (Å²) in [5, 5.41) is 0.386. The van der Waals surface area contributed by atoms with Gasteiger partial charge in [0.2, 0.25) is 0 Å². The molecule has 0 fully saturated rings. The number of hydrogen-bond donors (Lipinski definition) is 0. The fourth-order valence-corrected chi connectivity index (χ4v) is 2.81. The Morgan fingerprint density at radius 1 is 1.16 bits per heavy atom. The van der Waals surface area contributed by atoms with E-state index in [4.69, 9.17) is 16.3 Å². The molecule has 1 nitrogen and oxygen atoms in total. The minimum atomic E-state index is -0.335. The number of benzene rings is 2. The predicted octanol–water partition coefficient (Wildman–Crippen LogP) is 5.28. The molecule has 1 unspecified atom stereocenters. The third-order valence-corrected chi connectivity index (χ3v) is 4.12. The molecular weight excluding hydrogens is 331 g/mol. The molecule has 0 radical (unpaired) electrons. The van der Waals surface area contributed by atoms with Crippen molar-refractivity contribution in [1.29, 1.82) is 0 Å². The molecule has 1 atom stereocenters. The van der Waals surface area contributed by atoms with Crippen molar-refractivity contribution >= 4 is 27.5 Å². The number of rotatable bonds is 3. The summed E-state index contributed by atoms with van der Waals surface area (Å²) < 4.78 is 19.3. The van der Waals surface area contributed by atoms with Crippen LogP contribution in [0.2, 0.25) is 5.02 Å². The van der Waals surface area contributed by atoms with Gasteiger partial charge in [-0.15, -0.1) is 0 Å². The van der Waals surface area contributed by atoms with Crippen molar-refractivity contribution in [3.8, 4) is 5.75 Å². The Kier molecular flexibility index (Phi) is 4.48. The largest absolute Gasteiger partial charge is 0.496 e. The van der Waals surface area contributed by atoms with Crippen LogP contribution in [0.3, 0.4) is 0 Å². The summed E-state index contributed by atoms with van der Waals surface area (Å²) in [5.41, 5.74) is 2.52. The molecule has 100 valence electrons. The highest BCUT2D eigenvalue weighted by Crippen LogP contribution is 2.38. The van der Waals surface area contributed by atoms with E-state index >= 15 is 0 Å². The van der Waals surface area contributed by atoms with Crippen LogP contribution in [0.15, 0.2) is 36.4 Å². The molecule has 4 heteroatoms. The fourth-order valence-electron chi connectivity index (χ4n) is 1.93. The van der Waals surface area contributed by atoms with Gasteiger partial charge in [-0.1, -0.05) is 51.3 Å². The highest BCUT2D eigenvalue weighted by molar-refractivity contribution is 9.09. The van der Waals surface area contributed by atoms with Gasteiger partial charge < -0.3 is 4.74 Å². The summed E-state index contributed by atoms with van der Waals surface area (Å²) in [4.78, 5) is -0.278. The normalized spacial score (nSPS) is 12.3. The fraction of sp³-hybridized carbons (Fsp3) is 0.200. The van der Waals surface area contributed by atoms with E-state index in [-0.39, 0.29) is 10.6 Å². The highest BCUT2D eigenvalue weighted by atomic mass is 79.9. The molecule has 0 saturated carbocycles. The zero-order chi connectivity index (χ0) is 14.0. The molecule has 0 aromatic heterocycles. The third kappa shape index (κ3) is 3.10. The summed E-state index contributed by atoms with van der Waals surface area (Å²) in [7, 11) is 1.60. The number of hydrogen-bond acceptors (Lipinski definition) is 1. The molecule has 0 heterocycles. The van der Waals surface area contributed by atoms with Gasteiger partial charge in [0, 0.05) is 16.1 Å². The van der Waals surface area contributed by atoms with Crippen molar-refractivity contribution in [1.82, 2.24) is 0 Å². The van der Waals surface area contributed by atoms with Crippen LogP contribution in [0.5, 0.6) is 5.75 Å². The maximum absolute atomic E-state index is 14.0. The van der Waals surface area contributed by atoms with Gasteiger partial charge in [-0.05, 0) is 25.1 Å². The second kappa shape index (κ2) is 5.93. The van der Waals surface area contributed by atoms with Crippen LogP contribution in [0.1, 0.15) is 21.5 Å². The minimum Gasteiger partial charge on any atom is -0.496 e. The average molecular weight is 344 g/mol. The summed E-state index contributed by atoms with van der Waals surface area (Å²) >= 11 is 9.30. The second-order valence-corrected chi connectivity index (χ2v) is 5.63.